The molecular weight excluding hydrogens is 441 g/mol. The fourth-order valence-electron chi connectivity index (χ4n) is 3.66. The minimum atomic E-state index is -0.565. The van der Waals surface area contributed by atoms with Gasteiger partial charge in [0.15, 0.2) is 0 Å². The Bertz CT molecular complexity index is 1180. The number of carbonyl (C=O) groups excluding carboxylic acids is 3. The van der Waals surface area contributed by atoms with Crippen molar-refractivity contribution in [2.45, 2.75) is 32.3 Å². The minimum absolute atomic E-state index is 0.0242. The number of hydrogen-bond donors (Lipinski definition) is 2. The maximum absolute atomic E-state index is 14.9. The molecule has 1 aromatic carbocycles. The normalized spacial score (nSPS) is 15.3. The first kappa shape index (κ1) is 23.1. The molecule has 3 aromatic rings. The van der Waals surface area contributed by atoms with Crippen molar-refractivity contribution in [3.63, 3.8) is 0 Å². The number of anilines is 1. The maximum atomic E-state index is 14.9. The molecule has 0 bridgehead atoms. The number of nitrogens with zero attached hydrogens (tertiary/aromatic N) is 3. The number of ether oxygens (including phenoxy) is 1. The zero-order valence-corrected chi connectivity index (χ0v) is 18.6. The number of H-pyrrole nitrogens is 1. The number of nitrogens with one attached hydrogen (secondary N) is 2. The molecule has 1 fully saturated rings. The second kappa shape index (κ2) is 10.2. The zero-order chi connectivity index (χ0) is 24.1. The van der Waals surface area contributed by atoms with Gasteiger partial charge in [-0.15, -0.1) is 0 Å². The summed E-state index contributed by atoms with van der Waals surface area (Å²) in [5.41, 5.74) is 2.31. The first-order valence-corrected chi connectivity index (χ1v) is 10.9. The number of aromatic amines is 1. The van der Waals surface area contributed by atoms with E-state index in [2.05, 4.69) is 20.3 Å². The van der Waals surface area contributed by atoms with Crippen molar-refractivity contribution in [3.8, 4) is 11.1 Å². The van der Waals surface area contributed by atoms with Crippen molar-refractivity contribution < 1.29 is 23.5 Å². The highest BCUT2D eigenvalue weighted by molar-refractivity contribution is 5.93. The quantitative estimate of drug-likeness (QED) is 0.501. The lowest BCUT2D eigenvalue weighted by atomic mass is 10.1. The summed E-state index contributed by atoms with van der Waals surface area (Å²) in [4.78, 5) is 48.0. The number of aromatic nitrogens is 3. The molecule has 0 spiro atoms. The van der Waals surface area contributed by atoms with Gasteiger partial charge in [0.25, 0.3) is 5.91 Å². The van der Waals surface area contributed by atoms with E-state index >= 15 is 0 Å². The number of halogens is 1. The largest absolute Gasteiger partial charge is 0.444 e. The number of hydrogen-bond acceptors (Lipinski definition) is 6. The van der Waals surface area contributed by atoms with Crippen LogP contribution in [0, 0.1) is 5.82 Å². The summed E-state index contributed by atoms with van der Waals surface area (Å²) in [5, 5.41) is 2.78. The summed E-state index contributed by atoms with van der Waals surface area (Å²) in [6.07, 6.45) is 5.11. The zero-order valence-electron chi connectivity index (χ0n) is 18.6. The highest BCUT2D eigenvalue weighted by Gasteiger charge is 2.32. The van der Waals surface area contributed by atoms with Crippen LogP contribution >= 0.6 is 0 Å². The predicted octanol–water partition coefficient (Wildman–Crippen LogP) is 3.28. The van der Waals surface area contributed by atoms with Gasteiger partial charge in [-0.2, -0.15) is 0 Å². The number of cyclic esters (lactones) is 1. The lowest BCUT2D eigenvalue weighted by Crippen LogP contribution is -2.26. The number of imidazole rings is 1. The molecule has 2 N–H and O–H groups in total. The SMILES string of the molecule is CC(=O)CC[C@H]1CN(c2ccc(-c3ccc(C(=O)NCCc4cnc[nH]4)nc3)c(F)c2)C(=O)O1. The predicted molar refractivity (Wildman–Crippen MR) is 122 cm³/mol. The Hall–Kier alpha value is -4.08. The van der Waals surface area contributed by atoms with Gasteiger partial charge in [-0.25, -0.2) is 14.2 Å². The molecule has 0 saturated carbocycles. The summed E-state index contributed by atoms with van der Waals surface area (Å²) in [6.45, 7) is 2.17. The van der Waals surface area contributed by atoms with E-state index in [-0.39, 0.29) is 23.9 Å². The Morgan fingerprint density at radius 2 is 2.12 bits per heavy atom. The lowest BCUT2D eigenvalue weighted by molar-refractivity contribution is -0.117. The fraction of sp³-hybridized carbons (Fsp3) is 0.292. The maximum Gasteiger partial charge on any atom is 0.414 e. The molecule has 4 rings (SSSR count). The Labute approximate surface area is 195 Å². The molecule has 176 valence electrons. The molecule has 1 aliphatic heterocycles. The van der Waals surface area contributed by atoms with Crippen molar-refractivity contribution in [1.82, 2.24) is 20.3 Å². The fourth-order valence-corrected chi connectivity index (χ4v) is 3.66. The van der Waals surface area contributed by atoms with E-state index in [9.17, 15) is 18.8 Å². The van der Waals surface area contributed by atoms with Crippen LogP contribution in [0.1, 0.15) is 35.9 Å². The van der Waals surface area contributed by atoms with Gasteiger partial charge in [0.2, 0.25) is 0 Å². The summed E-state index contributed by atoms with van der Waals surface area (Å²) >= 11 is 0. The number of rotatable bonds is 9. The van der Waals surface area contributed by atoms with Crippen molar-refractivity contribution in [2.24, 2.45) is 0 Å². The van der Waals surface area contributed by atoms with Crippen LogP contribution in [-0.2, 0) is 16.0 Å². The number of carbonyl (C=O) groups is 3. The van der Waals surface area contributed by atoms with Crippen LogP contribution in [0.3, 0.4) is 0 Å². The van der Waals surface area contributed by atoms with Gasteiger partial charge in [0.05, 0.1) is 18.6 Å². The highest BCUT2D eigenvalue weighted by Crippen LogP contribution is 2.29. The van der Waals surface area contributed by atoms with Crippen LogP contribution in [0.2, 0.25) is 0 Å². The van der Waals surface area contributed by atoms with E-state index in [1.54, 1.807) is 30.7 Å². The molecule has 2 aromatic heterocycles. The minimum Gasteiger partial charge on any atom is -0.444 e. The van der Waals surface area contributed by atoms with Gasteiger partial charge in [0.1, 0.15) is 23.4 Å². The number of benzene rings is 1. The van der Waals surface area contributed by atoms with E-state index in [0.717, 1.165) is 5.69 Å². The summed E-state index contributed by atoms with van der Waals surface area (Å²) in [5.74, 6) is -0.832. The number of pyridine rings is 1. The smallest absolute Gasteiger partial charge is 0.414 e. The monoisotopic (exact) mass is 465 g/mol. The van der Waals surface area contributed by atoms with E-state index in [1.165, 1.54) is 30.2 Å². The van der Waals surface area contributed by atoms with Gasteiger partial charge < -0.3 is 19.8 Å². The molecule has 1 aliphatic rings. The third-order valence-electron chi connectivity index (χ3n) is 5.50. The van der Waals surface area contributed by atoms with Crippen molar-refractivity contribution in [3.05, 3.63) is 66.3 Å². The summed E-state index contributed by atoms with van der Waals surface area (Å²) < 4.78 is 20.2. The molecule has 1 atom stereocenters. The molecule has 9 nitrogen and oxygen atoms in total. The Kier molecular flexibility index (Phi) is 6.95. The first-order valence-electron chi connectivity index (χ1n) is 10.9. The Morgan fingerprint density at radius 1 is 1.26 bits per heavy atom. The van der Waals surface area contributed by atoms with Gasteiger partial charge in [-0.1, -0.05) is 6.07 Å². The van der Waals surface area contributed by atoms with E-state index < -0.39 is 18.0 Å². The van der Waals surface area contributed by atoms with E-state index in [0.29, 0.717) is 42.6 Å². The van der Waals surface area contributed by atoms with Crippen molar-refractivity contribution >= 4 is 23.5 Å². The molecule has 34 heavy (non-hydrogen) atoms. The molecule has 3 heterocycles. The molecule has 1 saturated heterocycles. The van der Waals surface area contributed by atoms with Gasteiger partial charge in [0, 0.05) is 48.6 Å². The summed E-state index contributed by atoms with van der Waals surface area (Å²) in [6, 6.07) is 7.60. The number of ketones is 1. The number of Topliss-reactive ketones (excluding diaryl/α,β-unsaturated/α-hetero) is 1. The molecule has 0 aliphatic carbocycles. The average molecular weight is 465 g/mol. The molecule has 0 radical (unpaired) electrons. The topological polar surface area (TPSA) is 117 Å². The average Bonchev–Trinajstić information content (AvgIpc) is 3.47. The van der Waals surface area contributed by atoms with Gasteiger partial charge in [-0.3, -0.25) is 14.7 Å². The first-order chi connectivity index (χ1) is 16.4. The Morgan fingerprint density at radius 3 is 2.79 bits per heavy atom. The third kappa shape index (κ3) is 5.45. The second-order valence-electron chi connectivity index (χ2n) is 8.04. The van der Waals surface area contributed by atoms with Crippen LogP contribution in [0.5, 0.6) is 0 Å². The van der Waals surface area contributed by atoms with Crippen LogP contribution < -0.4 is 10.2 Å². The van der Waals surface area contributed by atoms with Crippen LogP contribution in [0.4, 0.5) is 14.9 Å². The molecule has 2 amide bonds. The van der Waals surface area contributed by atoms with E-state index in [4.69, 9.17) is 4.74 Å². The Balaban J connectivity index is 1.38. The van der Waals surface area contributed by atoms with Crippen LogP contribution in [0.15, 0.2) is 49.1 Å². The summed E-state index contributed by atoms with van der Waals surface area (Å²) in [7, 11) is 0. The van der Waals surface area contributed by atoms with Crippen molar-refractivity contribution in [2.75, 3.05) is 18.0 Å². The standard InChI is InChI=1S/C24H24FN5O4/c1-15(31)2-5-19-13-30(24(33)34-19)18-4-6-20(21(25)10-18)16-3-7-22(28-11-16)23(32)27-9-8-17-12-26-14-29-17/h3-4,6-7,10-12,14,19H,2,5,8-9,13H2,1H3,(H,26,29)(H,27,32)/t19-/m0/s1. The van der Waals surface area contributed by atoms with Crippen molar-refractivity contribution in [1.29, 1.82) is 0 Å². The molecule has 0 unspecified atom stereocenters. The molecular formula is C24H24FN5O4. The lowest BCUT2D eigenvalue weighted by Gasteiger charge is -2.14. The van der Waals surface area contributed by atoms with Crippen LogP contribution in [-0.4, -0.2) is 51.9 Å². The van der Waals surface area contributed by atoms with E-state index in [1.807, 2.05) is 0 Å². The highest BCUT2D eigenvalue weighted by atomic mass is 19.1. The third-order valence-corrected chi connectivity index (χ3v) is 5.50. The van der Waals surface area contributed by atoms with Gasteiger partial charge in [-0.05, 0) is 37.6 Å². The molecule has 10 heteroatoms. The van der Waals surface area contributed by atoms with Crippen LogP contribution in [0.25, 0.3) is 11.1 Å². The van der Waals surface area contributed by atoms with Gasteiger partial charge >= 0.3 is 6.09 Å². The number of amides is 2. The second-order valence-corrected chi connectivity index (χ2v) is 8.04.